The van der Waals surface area contributed by atoms with E-state index in [1.165, 1.54) is 4.90 Å². The third-order valence-electron chi connectivity index (χ3n) is 2.92. The van der Waals surface area contributed by atoms with Crippen LogP contribution in [0.4, 0.5) is 13.2 Å². The van der Waals surface area contributed by atoms with Crippen molar-refractivity contribution in [1.82, 2.24) is 4.90 Å². The molecule has 1 aliphatic heterocycles. The number of rotatable bonds is 1. The standard InChI is InChI=1S/C12H20F3NO/c1-11(2,3)7-10(17)16-6-4-5-9(8-16)12(13,14)15/h9H,4-8H2,1-3H3. The van der Waals surface area contributed by atoms with Crippen LogP contribution in [0.3, 0.4) is 0 Å². The Hall–Kier alpha value is -0.740. The maximum atomic E-state index is 12.6. The molecule has 1 aliphatic rings. The van der Waals surface area contributed by atoms with Crippen molar-refractivity contribution in [3.63, 3.8) is 0 Å². The number of alkyl halides is 3. The number of carbonyl (C=O) groups is 1. The van der Waals surface area contributed by atoms with Crippen LogP contribution in [0.2, 0.25) is 0 Å². The Morgan fingerprint density at radius 2 is 1.88 bits per heavy atom. The number of hydrogen-bond donors (Lipinski definition) is 0. The molecule has 0 aromatic rings. The monoisotopic (exact) mass is 251 g/mol. The second-order valence-corrected chi connectivity index (χ2v) is 5.96. The lowest BCUT2D eigenvalue weighted by Crippen LogP contribution is -2.45. The van der Waals surface area contributed by atoms with Crippen LogP contribution >= 0.6 is 0 Å². The van der Waals surface area contributed by atoms with E-state index >= 15 is 0 Å². The summed E-state index contributed by atoms with van der Waals surface area (Å²) in [6.07, 6.45) is -3.29. The second kappa shape index (κ2) is 4.86. The summed E-state index contributed by atoms with van der Waals surface area (Å²) < 4.78 is 37.7. The summed E-state index contributed by atoms with van der Waals surface area (Å²) in [5.41, 5.74) is -0.178. The van der Waals surface area contributed by atoms with Crippen LogP contribution in [0.1, 0.15) is 40.0 Å². The number of amides is 1. The molecule has 1 heterocycles. The first-order valence-electron chi connectivity index (χ1n) is 5.94. The minimum absolute atomic E-state index is 0.142. The molecule has 17 heavy (non-hydrogen) atoms. The third kappa shape index (κ3) is 4.56. The van der Waals surface area contributed by atoms with Crippen molar-refractivity contribution in [2.24, 2.45) is 11.3 Å². The van der Waals surface area contributed by atoms with Crippen molar-refractivity contribution in [2.75, 3.05) is 13.1 Å². The zero-order valence-corrected chi connectivity index (χ0v) is 10.6. The van der Waals surface area contributed by atoms with Gasteiger partial charge in [-0.15, -0.1) is 0 Å². The molecule has 2 nitrogen and oxygen atoms in total. The Balaban J connectivity index is 2.58. The topological polar surface area (TPSA) is 20.3 Å². The molecule has 0 aromatic carbocycles. The van der Waals surface area contributed by atoms with Gasteiger partial charge in [0.1, 0.15) is 0 Å². The van der Waals surface area contributed by atoms with Crippen molar-refractivity contribution >= 4 is 5.91 Å². The fourth-order valence-corrected chi connectivity index (χ4v) is 2.04. The molecule has 1 fully saturated rings. The van der Waals surface area contributed by atoms with Crippen LogP contribution in [0.25, 0.3) is 0 Å². The molecular formula is C12H20F3NO. The summed E-state index contributed by atoms with van der Waals surface area (Å²) in [5.74, 6) is -1.51. The van der Waals surface area contributed by atoms with Crippen molar-refractivity contribution in [1.29, 1.82) is 0 Å². The average molecular weight is 251 g/mol. The highest BCUT2D eigenvalue weighted by Crippen LogP contribution is 2.33. The zero-order valence-electron chi connectivity index (χ0n) is 10.6. The first-order valence-corrected chi connectivity index (χ1v) is 5.94. The van der Waals surface area contributed by atoms with Crippen LogP contribution in [0.15, 0.2) is 0 Å². The molecule has 0 radical (unpaired) electrons. The lowest BCUT2D eigenvalue weighted by atomic mass is 9.90. The lowest BCUT2D eigenvalue weighted by Gasteiger charge is -2.35. The molecule has 5 heteroatoms. The molecule has 0 aliphatic carbocycles. The van der Waals surface area contributed by atoms with Gasteiger partial charge >= 0.3 is 6.18 Å². The smallest absolute Gasteiger partial charge is 0.342 e. The predicted molar refractivity (Wildman–Crippen MR) is 59.4 cm³/mol. The first kappa shape index (κ1) is 14.3. The highest BCUT2D eigenvalue weighted by molar-refractivity contribution is 5.76. The number of halogens is 3. The number of carbonyl (C=O) groups excluding carboxylic acids is 1. The molecule has 1 amide bonds. The average Bonchev–Trinajstić information content (AvgIpc) is 2.14. The highest BCUT2D eigenvalue weighted by Gasteiger charge is 2.42. The summed E-state index contributed by atoms with van der Waals surface area (Å²) in [7, 11) is 0. The zero-order chi connectivity index (χ0) is 13.3. The number of nitrogens with zero attached hydrogens (tertiary/aromatic N) is 1. The van der Waals surface area contributed by atoms with Gasteiger partial charge in [0.25, 0.3) is 0 Å². The van der Waals surface area contributed by atoms with Gasteiger partial charge in [-0.3, -0.25) is 4.79 Å². The van der Waals surface area contributed by atoms with E-state index < -0.39 is 12.1 Å². The largest absolute Gasteiger partial charge is 0.393 e. The number of likely N-dealkylation sites (tertiary alicyclic amines) is 1. The minimum atomic E-state index is -4.18. The summed E-state index contributed by atoms with van der Waals surface area (Å²) in [5, 5.41) is 0. The van der Waals surface area contributed by atoms with E-state index in [9.17, 15) is 18.0 Å². The van der Waals surface area contributed by atoms with E-state index in [-0.39, 0.29) is 24.3 Å². The van der Waals surface area contributed by atoms with Crippen LogP contribution in [0.5, 0.6) is 0 Å². The fraction of sp³-hybridized carbons (Fsp3) is 0.917. The van der Waals surface area contributed by atoms with E-state index in [1.807, 2.05) is 20.8 Å². The third-order valence-corrected chi connectivity index (χ3v) is 2.92. The molecule has 0 saturated carbocycles. The highest BCUT2D eigenvalue weighted by atomic mass is 19.4. The quantitative estimate of drug-likeness (QED) is 0.700. The van der Waals surface area contributed by atoms with Crippen LogP contribution in [0, 0.1) is 11.3 Å². The van der Waals surface area contributed by atoms with Gasteiger partial charge in [-0.1, -0.05) is 20.8 Å². The van der Waals surface area contributed by atoms with Gasteiger partial charge in [0.05, 0.1) is 5.92 Å². The van der Waals surface area contributed by atoms with E-state index in [2.05, 4.69) is 0 Å². The Labute approximate surface area is 100 Å². The maximum Gasteiger partial charge on any atom is 0.393 e. The Morgan fingerprint density at radius 3 is 2.35 bits per heavy atom. The molecule has 0 spiro atoms. The Morgan fingerprint density at radius 1 is 1.29 bits per heavy atom. The number of piperidine rings is 1. The van der Waals surface area contributed by atoms with E-state index in [4.69, 9.17) is 0 Å². The van der Waals surface area contributed by atoms with Gasteiger partial charge in [-0.05, 0) is 18.3 Å². The predicted octanol–water partition coefficient (Wildman–Crippen LogP) is 3.22. The Kier molecular flexibility index (Phi) is 4.10. The summed E-state index contributed by atoms with van der Waals surface area (Å²) in [6, 6.07) is 0. The molecule has 1 rings (SSSR count). The van der Waals surface area contributed by atoms with Gasteiger partial charge in [0.2, 0.25) is 5.91 Å². The molecule has 1 unspecified atom stereocenters. The SMILES string of the molecule is CC(C)(C)CC(=O)N1CCCC(C(F)(F)F)C1. The van der Waals surface area contributed by atoms with Crippen molar-refractivity contribution < 1.29 is 18.0 Å². The molecule has 1 atom stereocenters. The molecule has 1 saturated heterocycles. The van der Waals surface area contributed by atoms with E-state index in [0.29, 0.717) is 19.4 Å². The first-order chi connectivity index (χ1) is 7.59. The molecule has 0 N–H and O–H groups in total. The fourth-order valence-electron chi connectivity index (χ4n) is 2.04. The summed E-state index contributed by atoms with van der Waals surface area (Å²) in [6.45, 7) is 6.03. The molecule has 0 bridgehead atoms. The van der Waals surface area contributed by atoms with Crippen molar-refractivity contribution in [3.8, 4) is 0 Å². The van der Waals surface area contributed by atoms with Crippen LogP contribution in [-0.4, -0.2) is 30.1 Å². The Bertz CT molecular complexity index is 280. The van der Waals surface area contributed by atoms with Crippen LogP contribution < -0.4 is 0 Å². The van der Waals surface area contributed by atoms with Gasteiger partial charge in [0.15, 0.2) is 0 Å². The maximum absolute atomic E-state index is 12.6. The lowest BCUT2D eigenvalue weighted by molar-refractivity contribution is -0.188. The van der Waals surface area contributed by atoms with Gasteiger partial charge in [0, 0.05) is 19.5 Å². The normalized spacial score (nSPS) is 22.7. The van der Waals surface area contributed by atoms with Gasteiger partial charge < -0.3 is 4.90 Å². The minimum Gasteiger partial charge on any atom is -0.342 e. The van der Waals surface area contributed by atoms with Crippen LogP contribution in [-0.2, 0) is 4.79 Å². The van der Waals surface area contributed by atoms with E-state index in [0.717, 1.165) is 0 Å². The molecule has 0 aromatic heterocycles. The molecular weight excluding hydrogens is 231 g/mol. The molecule has 100 valence electrons. The second-order valence-electron chi connectivity index (χ2n) is 5.96. The van der Waals surface area contributed by atoms with E-state index in [1.54, 1.807) is 0 Å². The number of hydrogen-bond acceptors (Lipinski definition) is 1. The van der Waals surface area contributed by atoms with Gasteiger partial charge in [-0.2, -0.15) is 13.2 Å². The summed E-state index contributed by atoms with van der Waals surface area (Å²) in [4.78, 5) is 13.2. The summed E-state index contributed by atoms with van der Waals surface area (Å²) >= 11 is 0. The van der Waals surface area contributed by atoms with Gasteiger partial charge in [-0.25, -0.2) is 0 Å². The van der Waals surface area contributed by atoms with Crippen molar-refractivity contribution in [2.45, 2.75) is 46.2 Å². The van der Waals surface area contributed by atoms with Crippen molar-refractivity contribution in [3.05, 3.63) is 0 Å².